The van der Waals surface area contributed by atoms with Gasteiger partial charge in [0, 0.05) is 17.8 Å². The average molecular weight is 386 g/mol. The molecule has 9 heteroatoms. The van der Waals surface area contributed by atoms with Crippen molar-refractivity contribution in [2.75, 3.05) is 31.3 Å². The van der Waals surface area contributed by atoms with Crippen molar-refractivity contribution >= 4 is 28.9 Å². The maximum absolute atomic E-state index is 12.5. The summed E-state index contributed by atoms with van der Waals surface area (Å²) in [6.45, 7) is 1.63. The Hall–Kier alpha value is -3.46. The fourth-order valence-corrected chi connectivity index (χ4v) is 2.43. The first kappa shape index (κ1) is 20.8. The van der Waals surface area contributed by atoms with E-state index in [-0.39, 0.29) is 23.8 Å². The van der Waals surface area contributed by atoms with E-state index in [0.29, 0.717) is 11.4 Å². The van der Waals surface area contributed by atoms with Gasteiger partial charge in [0.2, 0.25) is 11.8 Å². The molecule has 0 bridgehead atoms. The van der Waals surface area contributed by atoms with Gasteiger partial charge in [-0.25, -0.2) is 0 Å². The van der Waals surface area contributed by atoms with Crippen molar-refractivity contribution in [3.63, 3.8) is 0 Å². The van der Waals surface area contributed by atoms with Crippen LogP contribution in [0.3, 0.4) is 0 Å². The first-order valence-electron chi connectivity index (χ1n) is 8.50. The number of anilines is 2. The molecule has 0 spiro atoms. The van der Waals surface area contributed by atoms with Gasteiger partial charge in [-0.05, 0) is 32.2 Å². The van der Waals surface area contributed by atoms with E-state index in [9.17, 15) is 19.7 Å². The number of methoxy groups -OCH3 is 1. The first-order chi connectivity index (χ1) is 13.3. The van der Waals surface area contributed by atoms with Gasteiger partial charge in [0.05, 0.1) is 30.3 Å². The summed E-state index contributed by atoms with van der Waals surface area (Å²) in [6.07, 6.45) is 0. The molecule has 2 amide bonds. The zero-order valence-electron chi connectivity index (χ0n) is 15.8. The quantitative estimate of drug-likeness (QED) is 0.532. The molecule has 2 aromatic carbocycles. The lowest BCUT2D eigenvalue weighted by Gasteiger charge is -2.23. The molecular weight excluding hydrogens is 364 g/mol. The predicted octanol–water partition coefficient (Wildman–Crippen LogP) is 2.50. The lowest BCUT2D eigenvalue weighted by molar-refractivity contribution is -0.384. The Balaban J connectivity index is 2.00. The zero-order chi connectivity index (χ0) is 20.7. The molecule has 1 unspecified atom stereocenters. The summed E-state index contributed by atoms with van der Waals surface area (Å²) in [7, 11) is 3.04. The first-order valence-corrected chi connectivity index (χ1v) is 8.50. The van der Waals surface area contributed by atoms with Crippen molar-refractivity contribution < 1.29 is 19.2 Å². The van der Waals surface area contributed by atoms with E-state index >= 15 is 0 Å². The largest absolute Gasteiger partial charge is 0.495 e. The van der Waals surface area contributed by atoms with Crippen LogP contribution in [0.25, 0.3) is 0 Å². The second-order valence-electron chi connectivity index (χ2n) is 6.14. The highest BCUT2D eigenvalue weighted by Gasteiger charge is 2.22. The third kappa shape index (κ3) is 5.52. The van der Waals surface area contributed by atoms with E-state index in [0.717, 1.165) is 0 Å². The maximum atomic E-state index is 12.5. The molecule has 2 rings (SSSR count). The minimum Gasteiger partial charge on any atom is -0.495 e. The molecule has 2 N–H and O–H groups in total. The molecule has 0 aromatic heterocycles. The fraction of sp³-hybridized carbons (Fsp3) is 0.263. The molecule has 9 nitrogen and oxygen atoms in total. The predicted molar refractivity (Wildman–Crippen MR) is 105 cm³/mol. The number of benzene rings is 2. The van der Waals surface area contributed by atoms with Gasteiger partial charge in [-0.1, -0.05) is 18.2 Å². The molecule has 0 aliphatic carbocycles. The molecule has 0 aliphatic heterocycles. The Morgan fingerprint density at radius 1 is 1.18 bits per heavy atom. The van der Waals surface area contributed by atoms with E-state index in [1.807, 2.05) is 18.2 Å². The Morgan fingerprint density at radius 2 is 1.86 bits per heavy atom. The molecule has 0 radical (unpaired) electrons. The van der Waals surface area contributed by atoms with Gasteiger partial charge < -0.3 is 15.4 Å². The topological polar surface area (TPSA) is 114 Å². The van der Waals surface area contributed by atoms with Crippen LogP contribution < -0.4 is 15.4 Å². The SMILES string of the molecule is COc1ccc([N+](=O)[O-])cc1NC(=O)C(C)N(C)CC(=O)Nc1ccccc1. The van der Waals surface area contributed by atoms with Crippen LogP contribution in [-0.4, -0.2) is 48.4 Å². The number of carbonyl (C=O) groups is 2. The number of likely N-dealkylation sites (N-methyl/N-ethyl adjacent to an activating group) is 1. The number of non-ortho nitro benzene ring substituents is 1. The molecular formula is C19H22N4O5. The number of nitrogens with one attached hydrogen (secondary N) is 2. The van der Waals surface area contributed by atoms with Gasteiger partial charge in [0.15, 0.2) is 0 Å². The standard InChI is InChI=1S/C19H22N4O5/c1-13(22(2)12-18(24)20-14-7-5-4-6-8-14)19(25)21-16-11-15(23(26)27)9-10-17(16)28-3/h4-11,13H,12H2,1-3H3,(H,20,24)(H,21,25). The zero-order valence-corrected chi connectivity index (χ0v) is 15.8. The Bertz CT molecular complexity index is 857. The Morgan fingerprint density at radius 3 is 2.46 bits per heavy atom. The van der Waals surface area contributed by atoms with Gasteiger partial charge >= 0.3 is 0 Å². The molecule has 148 valence electrons. The molecule has 0 saturated heterocycles. The van der Waals surface area contributed by atoms with Crippen LogP contribution in [0, 0.1) is 10.1 Å². The summed E-state index contributed by atoms with van der Waals surface area (Å²) in [5.74, 6) is -0.384. The molecule has 28 heavy (non-hydrogen) atoms. The minimum absolute atomic E-state index is 0.00441. The van der Waals surface area contributed by atoms with Crippen LogP contribution in [0.5, 0.6) is 5.75 Å². The third-order valence-corrected chi connectivity index (χ3v) is 4.14. The molecule has 2 aromatic rings. The summed E-state index contributed by atoms with van der Waals surface area (Å²) >= 11 is 0. The smallest absolute Gasteiger partial charge is 0.271 e. The van der Waals surface area contributed by atoms with Crippen LogP contribution in [0.4, 0.5) is 17.1 Å². The number of rotatable bonds is 8. The van der Waals surface area contributed by atoms with Gasteiger partial charge in [-0.3, -0.25) is 24.6 Å². The number of carbonyl (C=O) groups excluding carboxylic acids is 2. The van der Waals surface area contributed by atoms with Crippen molar-refractivity contribution in [1.82, 2.24) is 4.90 Å². The van der Waals surface area contributed by atoms with E-state index in [2.05, 4.69) is 10.6 Å². The Kier molecular flexibility index (Phi) is 7.05. The number of hydrogen-bond donors (Lipinski definition) is 2. The van der Waals surface area contributed by atoms with Gasteiger partial charge in [-0.2, -0.15) is 0 Å². The number of ether oxygens (including phenoxy) is 1. The number of hydrogen-bond acceptors (Lipinski definition) is 6. The van der Waals surface area contributed by atoms with E-state index in [4.69, 9.17) is 4.74 Å². The molecule has 0 aliphatic rings. The van der Waals surface area contributed by atoms with Crippen LogP contribution in [-0.2, 0) is 9.59 Å². The van der Waals surface area contributed by atoms with E-state index in [1.54, 1.807) is 31.0 Å². The van der Waals surface area contributed by atoms with Crippen molar-refractivity contribution in [3.05, 3.63) is 58.6 Å². The van der Waals surface area contributed by atoms with Crippen molar-refractivity contribution in [3.8, 4) is 5.75 Å². The highest BCUT2D eigenvalue weighted by molar-refractivity contribution is 5.97. The monoisotopic (exact) mass is 386 g/mol. The normalized spacial score (nSPS) is 11.6. The van der Waals surface area contributed by atoms with Gasteiger partial charge in [-0.15, -0.1) is 0 Å². The van der Waals surface area contributed by atoms with Crippen LogP contribution in [0.1, 0.15) is 6.92 Å². The molecule has 0 saturated carbocycles. The van der Waals surface area contributed by atoms with Crippen LogP contribution in [0.2, 0.25) is 0 Å². The fourth-order valence-electron chi connectivity index (χ4n) is 2.43. The highest BCUT2D eigenvalue weighted by atomic mass is 16.6. The van der Waals surface area contributed by atoms with E-state index < -0.39 is 16.9 Å². The maximum Gasteiger partial charge on any atom is 0.271 e. The molecule has 1 atom stereocenters. The summed E-state index contributed by atoms with van der Waals surface area (Å²) in [6, 6.07) is 12.3. The third-order valence-electron chi connectivity index (χ3n) is 4.14. The second kappa shape index (κ2) is 9.47. The summed E-state index contributed by atoms with van der Waals surface area (Å²) in [4.78, 5) is 36.6. The average Bonchev–Trinajstić information content (AvgIpc) is 2.67. The lowest BCUT2D eigenvalue weighted by Crippen LogP contribution is -2.43. The summed E-state index contributed by atoms with van der Waals surface area (Å²) < 4.78 is 5.14. The Labute approximate surface area is 162 Å². The summed E-state index contributed by atoms with van der Waals surface area (Å²) in [5, 5.41) is 16.3. The van der Waals surface area contributed by atoms with Crippen LogP contribution in [0.15, 0.2) is 48.5 Å². The van der Waals surface area contributed by atoms with Gasteiger partial charge in [0.1, 0.15) is 5.75 Å². The van der Waals surface area contributed by atoms with Crippen molar-refractivity contribution in [1.29, 1.82) is 0 Å². The molecule has 0 heterocycles. The lowest BCUT2D eigenvalue weighted by atomic mass is 10.2. The summed E-state index contributed by atoms with van der Waals surface area (Å²) in [5.41, 5.74) is 0.689. The van der Waals surface area contributed by atoms with Crippen molar-refractivity contribution in [2.45, 2.75) is 13.0 Å². The van der Waals surface area contributed by atoms with E-state index in [1.165, 1.54) is 25.3 Å². The number of nitro benzene ring substituents is 1. The number of nitro groups is 1. The minimum atomic E-state index is -0.662. The number of para-hydroxylation sites is 1. The van der Waals surface area contributed by atoms with Gasteiger partial charge in [0.25, 0.3) is 5.69 Å². The highest BCUT2D eigenvalue weighted by Crippen LogP contribution is 2.29. The second-order valence-corrected chi connectivity index (χ2v) is 6.14. The van der Waals surface area contributed by atoms with Crippen molar-refractivity contribution in [2.24, 2.45) is 0 Å². The van der Waals surface area contributed by atoms with Crippen LogP contribution >= 0.6 is 0 Å². The number of nitrogens with zero attached hydrogens (tertiary/aromatic N) is 2. The number of amides is 2. The molecule has 0 fully saturated rings.